The molecular weight excluding hydrogens is 322 g/mol. The average Bonchev–Trinajstić information content (AvgIpc) is 2.48. The first-order valence-corrected chi connectivity index (χ1v) is 7.43. The second-order valence-electron chi connectivity index (χ2n) is 5.31. The molecule has 0 fully saturated rings. The number of nitrogens with two attached hydrogens (primary N) is 1. The molecule has 6 nitrogen and oxygen atoms in total. The fraction of sp³-hybridized carbons (Fsp3) is 0.438. The standard InChI is InChI=1S/C16H20F2N2O4/c1-3-24-14(22)7-9(2)15(16(19)23)20-13(21)8-10-11(17)5-4-6-12(10)18/h4-6,9,15H,3,7-8H2,1-2H3,(H2,19,23)(H,20,21)/t9-,15-/m0/s1. The molecule has 0 aliphatic carbocycles. The van der Waals surface area contributed by atoms with Gasteiger partial charge in [-0.25, -0.2) is 8.78 Å². The number of carbonyl (C=O) groups excluding carboxylic acids is 3. The van der Waals surface area contributed by atoms with Crippen LogP contribution in [0.3, 0.4) is 0 Å². The van der Waals surface area contributed by atoms with Gasteiger partial charge < -0.3 is 15.8 Å². The molecule has 0 saturated carbocycles. The first-order chi connectivity index (χ1) is 11.3. The molecule has 1 aromatic carbocycles. The van der Waals surface area contributed by atoms with Crippen molar-refractivity contribution < 1.29 is 27.9 Å². The Morgan fingerprint density at radius 1 is 1.25 bits per heavy atom. The van der Waals surface area contributed by atoms with Gasteiger partial charge >= 0.3 is 5.97 Å². The van der Waals surface area contributed by atoms with Crippen LogP contribution in [0, 0.1) is 17.6 Å². The predicted molar refractivity (Wildman–Crippen MR) is 81.6 cm³/mol. The van der Waals surface area contributed by atoms with E-state index < -0.39 is 53.4 Å². The molecule has 132 valence electrons. The fourth-order valence-electron chi connectivity index (χ4n) is 2.18. The highest BCUT2D eigenvalue weighted by Crippen LogP contribution is 2.14. The average molecular weight is 342 g/mol. The molecule has 3 N–H and O–H groups in total. The number of rotatable bonds is 8. The zero-order valence-corrected chi connectivity index (χ0v) is 13.5. The summed E-state index contributed by atoms with van der Waals surface area (Å²) in [5.74, 6) is -4.52. The minimum Gasteiger partial charge on any atom is -0.466 e. The summed E-state index contributed by atoms with van der Waals surface area (Å²) in [6.07, 6.45) is -0.718. The second kappa shape index (κ2) is 8.95. The van der Waals surface area contributed by atoms with Gasteiger partial charge in [-0.05, 0) is 25.0 Å². The van der Waals surface area contributed by atoms with E-state index in [-0.39, 0.29) is 13.0 Å². The van der Waals surface area contributed by atoms with Crippen LogP contribution < -0.4 is 11.1 Å². The summed E-state index contributed by atoms with van der Waals surface area (Å²) in [5, 5.41) is 2.31. The number of nitrogens with one attached hydrogen (secondary N) is 1. The van der Waals surface area contributed by atoms with Gasteiger partial charge in [0.15, 0.2) is 0 Å². The van der Waals surface area contributed by atoms with E-state index >= 15 is 0 Å². The number of halogens is 2. The van der Waals surface area contributed by atoms with Crippen molar-refractivity contribution in [3.63, 3.8) is 0 Å². The van der Waals surface area contributed by atoms with Crippen LogP contribution in [-0.2, 0) is 25.5 Å². The summed E-state index contributed by atoms with van der Waals surface area (Å²) in [7, 11) is 0. The molecule has 0 saturated heterocycles. The molecule has 1 rings (SSSR count). The maximum Gasteiger partial charge on any atom is 0.306 e. The van der Waals surface area contributed by atoms with Crippen LogP contribution in [0.25, 0.3) is 0 Å². The molecular formula is C16H20F2N2O4. The van der Waals surface area contributed by atoms with E-state index in [4.69, 9.17) is 10.5 Å². The summed E-state index contributed by atoms with van der Waals surface area (Å²) >= 11 is 0. The lowest BCUT2D eigenvalue weighted by Crippen LogP contribution is -2.49. The van der Waals surface area contributed by atoms with Crippen molar-refractivity contribution in [1.82, 2.24) is 5.32 Å². The van der Waals surface area contributed by atoms with Crippen LogP contribution >= 0.6 is 0 Å². The van der Waals surface area contributed by atoms with E-state index in [0.717, 1.165) is 12.1 Å². The molecule has 0 bridgehead atoms. The maximum atomic E-state index is 13.5. The number of ether oxygens (including phenoxy) is 1. The van der Waals surface area contributed by atoms with E-state index in [1.165, 1.54) is 13.0 Å². The van der Waals surface area contributed by atoms with E-state index in [2.05, 4.69) is 5.32 Å². The van der Waals surface area contributed by atoms with Gasteiger partial charge in [0.05, 0.1) is 19.4 Å². The number of primary amides is 1. The van der Waals surface area contributed by atoms with Crippen molar-refractivity contribution in [1.29, 1.82) is 0 Å². The maximum absolute atomic E-state index is 13.5. The van der Waals surface area contributed by atoms with Gasteiger partial charge in [0.2, 0.25) is 11.8 Å². The first kappa shape index (κ1) is 19.5. The lowest BCUT2D eigenvalue weighted by atomic mass is 9.97. The predicted octanol–water partition coefficient (Wildman–Crippen LogP) is 1.07. The molecule has 24 heavy (non-hydrogen) atoms. The van der Waals surface area contributed by atoms with E-state index in [0.29, 0.717) is 0 Å². The lowest BCUT2D eigenvalue weighted by Gasteiger charge is -2.21. The zero-order chi connectivity index (χ0) is 18.3. The van der Waals surface area contributed by atoms with Crippen molar-refractivity contribution in [3.05, 3.63) is 35.4 Å². The number of esters is 1. The van der Waals surface area contributed by atoms with Gasteiger partial charge in [-0.3, -0.25) is 14.4 Å². The Morgan fingerprint density at radius 3 is 2.33 bits per heavy atom. The van der Waals surface area contributed by atoms with Gasteiger partial charge in [0.25, 0.3) is 0 Å². The quantitative estimate of drug-likeness (QED) is 0.690. The Kier molecular flexibility index (Phi) is 7.29. The van der Waals surface area contributed by atoms with Gasteiger partial charge in [-0.2, -0.15) is 0 Å². The number of hydrogen-bond acceptors (Lipinski definition) is 4. The highest BCUT2D eigenvalue weighted by Gasteiger charge is 2.27. The minimum atomic E-state index is -1.16. The summed E-state index contributed by atoms with van der Waals surface area (Å²) < 4.78 is 31.9. The van der Waals surface area contributed by atoms with Crippen LogP contribution in [0.15, 0.2) is 18.2 Å². The molecule has 0 unspecified atom stereocenters. The molecule has 2 amide bonds. The fourth-order valence-corrected chi connectivity index (χ4v) is 2.18. The van der Waals surface area contributed by atoms with Crippen molar-refractivity contribution >= 4 is 17.8 Å². The largest absolute Gasteiger partial charge is 0.466 e. The van der Waals surface area contributed by atoms with Crippen LogP contribution in [0.4, 0.5) is 8.78 Å². The van der Waals surface area contributed by atoms with Gasteiger partial charge in [-0.15, -0.1) is 0 Å². The molecule has 8 heteroatoms. The molecule has 2 atom stereocenters. The number of amides is 2. The molecule has 0 spiro atoms. The Labute approximate surface area is 138 Å². The third-order valence-corrected chi connectivity index (χ3v) is 3.39. The smallest absolute Gasteiger partial charge is 0.306 e. The van der Waals surface area contributed by atoms with Crippen molar-refractivity contribution in [2.24, 2.45) is 11.7 Å². The number of benzene rings is 1. The Morgan fingerprint density at radius 2 is 1.83 bits per heavy atom. The number of carbonyl (C=O) groups is 3. The monoisotopic (exact) mass is 342 g/mol. The number of hydrogen-bond donors (Lipinski definition) is 2. The second-order valence-corrected chi connectivity index (χ2v) is 5.31. The van der Waals surface area contributed by atoms with Crippen molar-refractivity contribution in [3.8, 4) is 0 Å². The van der Waals surface area contributed by atoms with E-state index in [1.54, 1.807) is 6.92 Å². The summed E-state index contributed by atoms with van der Waals surface area (Å²) in [4.78, 5) is 34.9. The lowest BCUT2D eigenvalue weighted by molar-refractivity contribution is -0.144. The van der Waals surface area contributed by atoms with Crippen LogP contribution in [0.2, 0.25) is 0 Å². The third-order valence-electron chi connectivity index (χ3n) is 3.39. The van der Waals surface area contributed by atoms with Crippen LogP contribution in [-0.4, -0.2) is 30.4 Å². The minimum absolute atomic E-state index is 0.129. The Hall–Kier alpha value is -2.51. The van der Waals surface area contributed by atoms with Gasteiger partial charge in [0.1, 0.15) is 17.7 Å². The normalized spacial score (nSPS) is 13.0. The Bertz CT molecular complexity index is 602. The van der Waals surface area contributed by atoms with Crippen LogP contribution in [0.1, 0.15) is 25.8 Å². The topological polar surface area (TPSA) is 98.5 Å². The SMILES string of the molecule is CCOC(=O)C[C@H](C)[C@H](NC(=O)Cc1c(F)cccc1F)C(N)=O. The Balaban J connectivity index is 2.76. The zero-order valence-electron chi connectivity index (χ0n) is 13.5. The molecule has 0 radical (unpaired) electrons. The molecule has 1 aromatic rings. The highest BCUT2D eigenvalue weighted by atomic mass is 19.1. The van der Waals surface area contributed by atoms with E-state index in [1.807, 2.05) is 0 Å². The molecule has 0 aliphatic rings. The third kappa shape index (κ3) is 5.60. The van der Waals surface area contributed by atoms with Crippen LogP contribution in [0.5, 0.6) is 0 Å². The molecule has 0 aliphatic heterocycles. The molecule has 0 heterocycles. The van der Waals surface area contributed by atoms with Gasteiger partial charge in [0, 0.05) is 5.56 Å². The summed E-state index contributed by atoms with van der Waals surface area (Å²) in [6.45, 7) is 3.36. The van der Waals surface area contributed by atoms with E-state index in [9.17, 15) is 23.2 Å². The highest BCUT2D eigenvalue weighted by molar-refractivity contribution is 5.88. The summed E-state index contributed by atoms with van der Waals surface area (Å²) in [6, 6.07) is 2.08. The van der Waals surface area contributed by atoms with Crippen molar-refractivity contribution in [2.45, 2.75) is 32.7 Å². The first-order valence-electron chi connectivity index (χ1n) is 7.43. The van der Waals surface area contributed by atoms with Crippen molar-refractivity contribution in [2.75, 3.05) is 6.61 Å². The van der Waals surface area contributed by atoms with Gasteiger partial charge in [-0.1, -0.05) is 13.0 Å². The summed E-state index contributed by atoms with van der Waals surface area (Å²) in [5.41, 5.74) is 4.83. The molecule has 0 aromatic heterocycles.